The van der Waals surface area contributed by atoms with E-state index in [0.29, 0.717) is 5.95 Å². The van der Waals surface area contributed by atoms with Crippen molar-refractivity contribution >= 4 is 44.7 Å². The third-order valence-corrected chi connectivity index (χ3v) is 4.45. The minimum absolute atomic E-state index is 0.231. The molecule has 98 valence electrons. The van der Waals surface area contributed by atoms with Crippen LogP contribution in [0.4, 0.5) is 11.8 Å². The highest BCUT2D eigenvalue weighted by atomic mass is 32.1. The van der Waals surface area contributed by atoms with Gasteiger partial charge in [-0.2, -0.15) is 16.3 Å². The van der Waals surface area contributed by atoms with E-state index in [1.165, 1.54) is 5.56 Å². The van der Waals surface area contributed by atoms with E-state index >= 15 is 0 Å². The first-order valence-corrected chi connectivity index (χ1v) is 7.82. The number of thiophene rings is 2. The van der Waals surface area contributed by atoms with E-state index in [-0.39, 0.29) is 6.04 Å². The van der Waals surface area contributed by atoms with Gasteiger partial charge in [-0.3, -0.25) is 0 Å². The normalized spacial score (nSPS) is 12.5. The molecule has 4 nitrogen and oxygen atoms in total. The molecule has 0 radical (unpaired) electrons. The van der Waals surface area contributed by atoms with Gasteiger partial charge in [0.2, 0.25) is 5.95 Å². The first-order valence-electron chi connectivity index (χ1n) is 5.99. The smallest absolute Gasteiger partial charge is 0.225 e. The number of nitrogens with one attached hydrogen (secondary N) is 2. The summed E-state index contributed by atoms with van der Waals surface area (Å²) in [6.07, 6.45) is 0. The molecule has 0 aliphatic rings. The van der Waals surface area contributed by atoms with E-state index in [4.69, 9.17) is 0 Å². The lowest BCUT2D eigenvalue weighted by atomic mass is 10.2. The van der Waals surface area contributed by atoms with Crippen molar-refractivity contribution in [3.8, 4) is 0 Å². The van der Waals surface area contributed by atoms with Gasteiger partial charge in [0.15, 0.2) is 0 Å². The molecule has 3 heterocycles. The van der Waals surface area contributed by atoms with Crippen LogP contribution in [0.25, 0.3) is 10.2 Å². The Morgan fingerprint density at radius 2 is 2.11 bits per heavy atom. The maximum Gasteiger partial charge on any atom is 0.225 e. The molecule has 3 aromatic rings. The van der Waals surface area contributed by atoms with E-state index in [1.54, 1.807) is 22.7 Å². The van der Waals surface area contributed by atoms with Crippen molar-refractivity contribution in [2.24, 2.45) is 0 Å². The van der Waals surface area contributed by atoms with Gasteiger partial charge in [0.1, 0.15) is 10.6 Å². The highest BCUT2D eigenvalue weighted by molar-refractivity contribution is 7.16. The van der Waals surface area contributed by atoms with Crippen LogP contribution in [0.2, 0.25) is 0 Å². The Morgan fingerprint density at radius 3 is 2.84 bits per heavy atom. The van der Waals surface area contributed by atoms with Gasteiger partial charge in [-0.15, -0.1) is 11.3 Å². The second kappa shape index (κ2) is 5.14. The van der Waals surface area contributed by atoms with Gasteiger partial charge in [0.25, 0.3) is 0 Å². The maximum atomic E-state index is 4.52. The first-order chi connectivity index (χ1) is 9.28. The van der Waals surface area contributed by atoms with Crippen LogP contribution in [0.1, 0.15) is 18.5 Å². The zero-order valence-corrected chi connectivity index (χ0v) is 12.3. The van der Waals surface area contributed by atoms with E-state index in [9.17, 15) is 0 Å². The molecule has 0 spiro atoms. The SMILES string of the molecule is CNc1nc(NC(C)c2ccsc2)c2ccsc2n1. The van der Waals surface area contributed by atoms with Gasteiger partial charge < -0.3 is 10.6 Å². The number of hydrogen-bond acceptors (Lipinski definition) is 6. The first kappa shape index (κ1) is 12.4. The van der Waals surface area contributed by atoms with Crippen molar-refractivity contribution in [3.63, 3.8) is 0 Å². The van der Waals surface area contributed by atoms with Crippen molar-refractivity contribution < 1.29 is 0 Å². The van der Waals surface area contributed by atoms with Crippen LogP contribution in [0, 0.1) is 0 Å². The van der Waals surface area contributed by atoms with Crippen LogP contribution in [0.15, 0.2) is 28.3 Å². The Labute approximate surface area is 119 Å². The highest BCUT2D eigenvalue weighted by Gasteiger charge is 2.12. The number of rotatable bonds is 4. The largest absolute Gasteiger partial charge is 0.363 e. The van der Waals surface area contributed by atoms with Crippen LogP contribution in [-0.2, 0) is 0 Å². The Kier molecular flexibility index (Phi) is 3.35. The molecule has 0 aliphatic carbocycles. The molecule has 3 aromatic heterocycles. The van der Waals surface area contributed by atoms with Crippen molar-refractivity contribution in [1.29, 1.82) is 0 Å². The predicted molar refractivity (Wildman–Crippen MR) is 83.3 cm³/mol. The summed E-state index contributed by atoms with van der Waals surface area (Å²) in [7, 11) is 1.83. The Bertz CT molecular complexity index is 675. The van der Waals surface area contributed by atoms with E-state index < -0.39 is 0 Å². The van der Waals surface area contributed by atoms with Crippen LogP contribution in [-0.4, -0.2) is 17.0 Å². The minimum Gasteiger partial charge on any atom is -0.363 e. The van der Waals surface area contributed by atoms with Crippen molar-refractivity contribution in [1.82, 2.24) is 9.97 Å². The van der Waals surface area contributed by atoms with Crippen molar-refractivity contribution in [2.75, 3.05) is 17.7 Å². The zero-order chi connectivity index (χ0) is 13.2. The maximum absolute atomic E-state index is 4.52. The van der Waals surface area contributed by atoms with Gasteiger partial charge >= 0.3 is 0 Å². The van der Waals surface area contributed by atoms with Crippen molar-refractivity contribution in [2.45, 2.75) is 13.0 Å². The zero-order valence-electron chi connectivity index (χ0n) is 10.7. The summed E-state index contributed by atoms with van der Waals surface area (Å²) in [6, 6.07) is 4.42. The lowest BCUT2D eigenvalue weighted by Gasteiger charge is -2.14. The molecule has 0 aromatic carbocycles. The predicted octanol–water partition coefficient (Wildman–Crippen LogP) is 3.97. The lowest BCUT2D eigenvalue weighted by molar-refractivity contribution is 0.882. The Balaban J connectivity index is 1.97. The molecule has 0 amide bonds. The highest BCUT2D eigenvalue weighted by Crippen LogP contribution is 2.29. The molecule has 19 heavy (non-hydrogen) atoms. The molecular weight excluding hydrogens is 276 g/mol. The third kappa shape index (κ3) is 2.41. The van der Waals surface area contributed by atoms with Gasteiger partial charge in [-0.25, -0.2) is 4.98 Å². The number of nitrogens with zero attached hydrogens (tertiary/aromatic N) is 2. The summed E-state index contributed by atoms with van der Waals surface area (Å²) >= 11 is 3.33. The number of anilines is 2. The third-order valence-electron chi connectivity index (χ3n) is 2.95. The number of hydrogen-bond donors (Lipinski definition) is 2. The molecule has 6 heteroatoms. The summed E-state index contributed by atoms with van der Waals surface area (Å²) in [5, 5.41) is 13.8. The van der Waals surface area contributed by atoms with Gasteiger partial charge in [0.05, 0.1) is 11.4 Å². The summed E-state index contributed by atoms with van der Waals surface area (Å²) < 4.78 is 0. The number of fused-ring (bicyclic) bond motifs is 1. The quantitative estimate of drug-likeness (QED) is 0.763. The molecule has 1 atom stereocenters. The molecule has 2 N–H and O–H groups in total. The molecule has 0 saturated carbocycles. The van der Waals surface area contributed by atoms with Gasteiger partial charge in [-0.1, -0.05) is 0 Å². The summed E-state index contributed by atoms with van der Waals surface area (Å²) in [5.41, 5.74) is 1.28. The second-order valence-electron chi connectivity index (χ2n) is 4.21. The van der Waals surface area contributed by atoms with Gasteiger partial charge in [0, 0.05) is 7.05 Å². The average molecular weight is 290 g/mol. The van der Waals surface area contributed by atoms with Crippen LogP contribution in [0.3, 0.4) is 0 Å². The van der Waals surface area contributed by atoms with Crippen LogP contribution >= 0.6 is 22.7 Å². The fourth-order valence-corrected chi connectivity index (χ4v) is 3.40. The van der Waals surface area contributed by atoms with Crippen LogP contribution in [0.5, 0.6) is 0 Å². The fourth-order valence-electron chi connectivity index (χ4n) is 1.89. The lowest BCUT2D eigenvalue weighted by Crippen LogP contribution is -2.09. The summed E-state index contributed by atoms with van der Waals surface area (Å²) in [6.45, 7) is 2.14. The van der Waals surface area contributed by atoms with Crippen LogP contribution < -0.4 is 10.6 Å². The fraction of sp³-hybridized carbons (Fsp3) is 0.231. The average Bonchev–Trinajstić information content (AvgIpc) is 3.09. The molecule has 0 aliphatic heterocycles. The molecule has 0 fully saturated rings. The summed E-state index contributed by atoms with van der Waals surface area (Å²) in [5.74, 6) is 1.53. The Hall–Kier alpha value is -1.66. The summed E-state index contributed by atoms with van der Waals surface area (Å²) in [4.78, 5) is 9.96. The van der Waals surface area contributed by atoms with E-state index in [2.05, 4.69) is 50.4 Å². The topological polar surface area (TPSA) is 49.8 Å². The monoisotopic (exact) mass is 290 g/mol. The standard InChI is InChI=1S/C13H14N4S2/c1-8(9-3-5-18-7-9)15-11-10-4-6-19-12(10)17-13(14-2)16-11/h3-8H,1-2H3,(H2,14,15,16,17). The molecule has 1 unspecified atom stereocenters. The van der Waals surface area contributed by atoms with Gasteiger partial charge in [-0.05, 0) is 40.8 Å². The number of aromatic nitrogens is 2. The molecule has 3 rings (SSSR count). The van der Waals surface area contributed by atoms with E-state index in [0.717, 1.165) is 16.0 Å². The molecule has 0 saturated heterocycles. The molecule has 0 bridgehead atoms. The van der Waals surface area contributed by atoms with E-state index in [1.807, 2.05) is 12.4 Å². The molecular formula is C13H14N4S2. The van der Waals surface area contributed by atoms with Crippen molar-refractivity contribution in [3.05, 3.63) is 33.8 Å². The second-order valence-corrected chi connectivity index (χ2v) is 5.88. The minimum atomic E-state index is 0.231. The Morgan fingerprint density at radius 1 is 1.21 bits per heavy atom.